The third-order valence-electron chi connectivity index (χ3n) is 1.96. The summed E-state index contributed by atoms with van der Waals surface area (Å²) < 4.78 is 0. The first-order valence-corrected chi connectivity index (χ1v) is 3.87. The van der Waals surface area contributed by atoms with E-state index in [-0.39, 0.29) is 0 Å². The predicted octanol–water partition coefficient (Wildman–Crippen LogP) is 1.51. The number of benzene rings is 1. The van der Waals surface area contributed by atoms with Crippen LogP contribution in [0, 0.1) is 13.8 Å². The fraction of sp³-hybridized carbons (Fsp3) is 0.273. The van der Waals surface area contributed by atoms with E-state index in [4.69, 9.17) is 0 Å². The minimum absolute atomic E-state index is 1.15. The molecule has 0 nitrogen and oxygen atoms in total. The van der Waals surface area contributed by atoms with Crippen molar-refractivity contribution in [2.75, 3.05) is 0 Å². The van der Waals surface area contributed by atoms with Gasteiger partial charge in [-0.05, 0) is 36.8 Å². The third-order valence-corrected chi connectivity index (χ3v) is 1.96. The Morgan fingerprint density at radius 3 is 2.45 bits per heavy atom. The average molecular weight is 146 g/mol. The molecular formula is C11H14. The van der Waals surface area contributed by atoms with Crippen molar-refractivity contribution in [2.45, 2.75) is 20.8 Å². The second-order valence-electron chi connectivity index (χ2n) is 2.94. The van der Waals surface area contributed by atoms with E-state index in [1.807, 2.05) is 6.92 Å². The van der Waals surface area contributed by atoms with E-state index >= 15 is 0 Å². The molecule has 0 aliphatic carbocycles. The monoisotopic (exact) mass is 146 g/mol. The highest BCUT2D eigenvalue weighted by Crippen LogP contribution is 1.92. The summed E-state index contributed by atoms with van der Waals surface area (Å²) in [7, 11) is 0. The van der Waals surface area contributed by atoms with Gasteiger partial charge in [0.1, 0.15) is 0 Å². The maximum absolute atomic E-state index is 4.00. The highest BCUT2D eigenvalue weighted by molar-refractivity contribution is 5.32. The molecule has 1 rings (SSSR count). The van der Waals surface area contributed by atoms with Crippen LogP contribution in [-0.4, -0.2) is 0 Å². The van der Waals surface area contributed by atoms with Crippen LogP contribution < -0.4 is 10.4 Å². The Morgan fingerprint density at radius 2 is 1.91 bits per heavy atom. The van der Waals surface area contributed by atoms with E-state index in [0.29, 0.717) is 0 Å². The van der Waals surface area contributed by atoms with E-state index in [2.05, 4.69) is 38.6 Å². The second kappa shape index (κ2) is 2.91. The van der Waals surface area contributed by atoms with Crippen molar-refractivity contribution >= 4 is 12.7 Å². The molecule has 0 saturated carbocycles. The number of hydrogen-bond donors (Lipinski definition) is 0. The lowest BCUT2D eigenvalue weighted by Gasteiger charge is -1.97. The van der Waals surface area contributed by atoms with E-state index in [1.54, 1.807) is 0 Å². The van der Waals surface area contributed by atoms with Crippen molar-refractivity contribution in [3.8, 4) is 0 Å². The summed E-state index contributed by atoms with van der Waals surface area (Å²) in [6.45, 7) is 10.3. The van der Waals surface area contributed by atoms with Crippen LogP contribution in [0.1, 0.15) is 18.1 Å². The molecule has 0 heterocycles. The SMILES string of the molecule is C=c1c(C)cc(C)cc1=CC. The quantitative estimate of drug-likeness (QED) is 0.520. The van der Waals surface area contributed by atoms with Crippen LogP contribution >= 0.6 is 0 Å². The molecule has 0 N–H and O–H groups in total. The van der Waals surface area contributed by atoms with Gasteiger partial charge in [0.2, 0.25) is 0 Å². The molecule has 0 aliphatic rings. The molecule has 0 saturated heterocycles. The van der Waals surface area contributed by atoms with Crippen molar-refractivity contribution in [3.63, 3.8) is 0 Å². The van der Waals surface area contributed by atoms with Crippen LogP contribution in [0.15, 0.2) is 12.1 Å². The largest absolute Gasteiger partial charge is 0.0909 e. The molecule has 0 unspecified atom stereocenters. The Kier molecular flexibility index (Phi) is 2.13. The molecule has 0 aliphatic heterocycles. The lowest BCUT2D eigenvalue weighted by atomic mass is 10.1. The summed E-state index contributed by atoms with van der Waals surface area (Å²) in [4.78, 5) is 0. The molecule has 1 aromatic rings. The molecule has 1 aromatic carbocycles. The Hall–Kier alpha value is -1.04. The number of hydrogen-bond acceptors (Lipinski definition) is 0. The summed E-state index contributed by atoms with van der Waals surface area (Å²) in [5.41, 5.74) is 2.58. The molecular weight excluding hydrogens is 132 g/mol. The van der Waals surface area contributed by atoms with Crippen molar-refractivity contribution in [2.24, 2.45) is 0 Å². The predicted molar refractivity (Wildman–Crippen MR) is 50.8 cm³/mol. The molecule has 0 amide bonds. The highest BCUT2D eigenvalue weighted by atomic mass is 13.9. The minimum Gasteiger partial charge on any atom is -0.0909 e. The third kappa shape index (κ3) is 1.51. The highest BCUT2D eigenvalue weighted by Gasteiger charge is 1.89. The first-order chi connectivity index (χ1) is 5.15. The van der Waals surface area contributed by atoms with Gasteiger partial charge in [-0.15, -0.1) is 0 Å². The second-order valence-corrected chi connectivity index (χ2v) is 2.94. The zero-order valence-electron chi connectivity index (χ0n) is 7.44. The smallest absolute Gasteiger partial charge is 0.0227 e. The van der Waals surface area contributed by atoms with Crippen molar-refractivity contribution in [1.82, 2.24) is 0 Å². The Morgan fingerprint density at radius 1 is 1.27 bits per heavy atom. The molecule has 0 radical (unpaired) electrons. The van der Waals surface area contributed by atoms with Gasteiger partial charge in [0.05, 0.1) is 0 Å². The summed E-state index contributed by atoms with van der Waals surface area (Å²) >= 11 is 0. The minimum atomic E-state index is 1.15. The lowest BCUT2D eigenvalue weighted by Crippen LogP contribution is -2.25. The molecule has 0 bridgehead atoms. The van der Waals surface area contributed by atoms with Crippen molar-refractivity contribution < 1.29 is 0 Å². The molecule has 0 fully saturated rings. The molecule has 0 spiro atoms. The van der Waals surface area contributed by atoms with E-state index in [1.165, 1.54) is 16.3 Å². The standard InChI is InChI=1S/C11H14/c1-5-11-7-8(2)6-9(3)10(11)4/h5-7H,4H2,1-3H3. The van der Waals surface area contributed by atoms with Crippen molar-refractivity contribution in [1.29, 1.82) is 0 Å². The van der Waals surface area contributed by atoms with Crippen LogP contribution in [-0.2, 0) is 0 Å². The maximum Gasteiger partial charge on any atom is -0.0227 e. The van der Waals surface area contributed by atoms with Crippen LogP contribution in [0.2, 0.25) is 0 Å². The fourth-order valence-electron chi connectivity index (χ4n) is 1.29. The van der Waals surface area contributed by atoms with Gasteiger partial charge in [-0.1, -0.05) is 30.4 Å². The van der Waals surface area contributed by atoms with E-state index in [0.717, 1.165) is 5.22 Å². The zero-order chi connectivity index (χ0) is 8.43. The van der Waals surface area contributed by atoms with Crippen molar-refractivity contribution in [3.05, 3.63) is 33.7 Å². The normalized spacial score (nSPS) is 12.1. The first-order valence-electron chi connectivity index (χ1n) is 3.87. The van der Waals surface area contributed by atoms with Crippen LogP contribution in [0.4, 0.5) is 0 Å². The van der Waals surface area contributed by atoms with Gasteiger partial charge in [-0.25, -0.2) is 0 Å². The van der Waals surface area contributed by atoms with Gasteiger partial charge < -0.3 is 0 Å². The fourth-order valence-corrected chi connectivity index (χ4v) is 1.29. The number of rotatable bonds is 0. The Labute approximate surface area is 67.9 Å². The van der Waals surface area contributed by atoms with Crippen LogP contribution in [0.5, 0.6) is 0 Å². The van der Waals surface area contributed by atoms with E-state index < -0.39 is 0 Å². The molecule has 11 heavy (non-hydrogen) atoms. The molecule has 58 valence electrons. The lowest BCUT2D eigenvalue weighted by molar-refractivity contribution is 1.31. The molecule has 0 aromatic heterocycles. The van der Waals surface area contributed by atoms with E-state index in [9.17, 15) is 0 Å². The molecule has 0 heteroatoms. The van der Waals surface area contributed by atoms with Gasteiger partial charge in [0.15, 0.2) is 0 Å². The number of aryl methyl sites for hydroxylation is 2. The average Bonchev–Trinajstić information content (AvgIpc) is 1.96. The topological polar surface area (TPSA) is 0 Å². The van der Waals surface area contributed by atoms with Gasteiger partial charge >= 0.3 is 0 Å². The summed E-state index contributed by atoms with van der Waals surface area (Å²) in [5.74, 6) is 0. The Bertz CT molecular complexity index is 358. The van der Waals surface area contributed by atoms with Gasteiger partial charge in [-0.3, -0.25) is 0 Å². The maximum atomic E-state index is 4.00. The van der Waals surface area contributed by atoms with Crippen LogP contribution in [0.3, 0.4) is 0 Å². The summed E-state index contributed by atoms with van der Waals surface area (Å²) in [5, 5.41) is 2.40. The summed E-state index contributed by atoms with van der Waals surface area (Å²) in [6, 6.07) is 4.32. The zero-order valence-corrected chi connectivity index (χ0v) is 7.44. The Balaban J connectivity index is 3.64. The first kappa shape index (κ1) is 8.06. The van der Waals surface area contributed by atoms with Gasteiger partial charge in [0.25, 0.3) is 0 Å². The van der Waals surface area contributed by atoms with Gasteiger partial charge in [0, 0.05) is 0 Å². The summed E-state index contributed by atoms with van der Waals surface area (Å²) in [6.07, 6.45) is 2.10. The van der Waals surface area contributed by atoms with Gasteiger partial charge in [-0.2, -0.15) is 0 Å². The van der Waals surface area contributed by atoms with Crippen LogP contribution in [0.25, 0.3) is 12.7 Å². The molecule has 0 atom stereocenters.